The van der Waals surface area contributed by atoms with E-state index in [4.69, 9.17) is 0 Å². The minimum Gasteiger partial charge on any atom is -0.394 e. The summed E-state index contributed by atoms with van der Waals surface area (Å²) in [5.74, 6) is -1.84. The van der Waals surface area contributed by atoms with Crippen LogP contribution >= 0.6 is 0 Å². The zero-order valence-corrected chi connectivity index (χ0v) is 17.5. The molecule has 0 unspecified atom stereocenters. The van der Waals surface area contributed by atoms with Crippen molar-refractivity contribution >= 4 is 23.3 Å². The topological polar surface area (TPSA) is 72.9 Å². The minimum absolute atomic E-state index is 0.0796. The maximum absolute atomic E-state index is 14.3. The molecule has 3 amide bonds. The highest BCUT2D eigenvalue weighted by Crippen LogP contribution is 2.48. The van der Waals surface area contributed by atoms with Crippen LogP contribution < -0.4 is 10.2 Å². The van der Waals surface area contributed by atoms with Gasteiger partial charge in [-0.05, 0) is 42.0 Å². The Morgan fingerprint density at radius 3 is 2.52 bits per heavy atom. The van der Waals surface area contributed by atoms with E-state index in [2.05, 4.69) is 5.32 Å². The molecule has 2 aliphatic heterocycles. The number of anilines is 2. The summed E-state index contributed by atoms with van der Waals surface area (Å²) < 4.78 is 27.9. The van der Waals surface area contributed by atoms with Gasteiger partial charge in [-0.3, -0.25) is 9.69 Å². The predicted octanol–water partition coefficient (Wildman–Crippen LogP) is 3.99. The number of nitrogens with zero attached hydrogens (tertiary/aromatic N) is 2. The fourth-order valence-electron chi connectivity index (χ4n) is 4.89. The molecular formula is C25H21F2N3O3. The molecule has 1 fully saturated rings. The Kier molecular flexibility index (Phi) is 5.30. The first kappa shape index (κ1) is 21.1. The van der Waals surface area contributed by atoms with Gasteiger partial charge in [0, 0.05) is 23.8 Å². The maximum Gasteiger partial charge on any atom is 0.326 e. The summed E-state index contributed by atoms with van der Waals surface area (Å²) in [6, 6.07) is 17.1. The molecule has 0 spiro atoms. The van der Waals surface area contributed by atoms with Crippen LogP contribution in [0.15, 0.2) is 72.8 Å². The number of carbonyl (C=O) groups excluding carboxylic acids is 2. The fraction of sp³-hybridized carbons (Fsp3) is 0.200. The second kappa shape index (κ2) is 8.29. The van der Waals surface area contributed by atoms with E-state index in [0.29, 0.717) is 11.4 Å². The average molecular weight is 449 g/mol. The summed E-state index contributed by atoms with van der Waals surface area (Å²) in [4.78, 5) is 29.3. The summed E-state index contributed by atoms with van der Waals surface area (Å²) in [7, 11) is 0. The van der Waals surface area contributed by atoms with E-state index in [1.54, 1.807) is 24.3 Å². The number of fused-ring (bicyclic) bond motifs is 3. The molecule has 0 aromatic heterocycles. The summed E-state index contributed by atoms with van der Waals surface area (Å²) in [6.45, 7) is -0.134. The number of nitrogens with one attached hydrogen (secondary N) is 1. The molecule has 8 heteroatoms. The lowest BCUT2D eigenvalue weighted by Crippen LogP contribution is -2.71. The molecule has 0 radical (unpaired) electrons. The third-order valence-electron chi connectivity index (χ3n) is 6.35. The smallest absolute Gasteiger partial charge is 0.326 e. The molecular weight excluding hydrogens is 428 g/mol. The molecule has 3 atom stereocenters. The second-order valence-electron chi connectivity index (χ2n) is 8.15. The Hall–Kier alpha value is -3.78. The zero-order chi connectivity index (χ0) is 23.1. The van der Waals surface area contributed by atoms with Gasteiger partial charge in [-0.1, -0.05) is 36.4 Å². The summed E-state index contributed by atoms with van der Waals surface area (Å²) >= 11 is 0. The molecule has 6 nitrogen and oxygen atoms in total. The van der Waals surface area contributed by atoms with Gasteiger partial charge >= 0.3 is 6.03 Å². The van der Waals surface area contributed by atoms with Gasteiger partial charge in [0.2, 0.25) is 0 Å². The van der Waals surface area contributed by atoms with E-state index in [1.807, 2.05) is 12.1 Å². The third kappa shape index (κ3) is 3.52. The quantitative estimate of drug-likeness (QED) is 0.635. The Balaban J connectivity index is 1.48. The maximum atomic E-state index is 14.3. The normalized spacial score (nSPS) is 21.0. The van der Waals surface area contributed by atoms with Crippen molar-refractivity contribution in [2.75, 3.05) is 23.4 Å². The van der Waals surface area contributed by atoms with Crippen molar-refractivity contribution in [3.05, 3.63) is 95.6 Å². The third-order valence-corrected chi connectivity index (χ3v) is 6.35. The summed E-state index contributed by atoms with van der Waals surface area (Å²) in [5.41, 5.74) is 1.70. The van der Waals surface area contributed by atoms with Crippen molar-refractivity contribution in [1.82, 2.24) is 4.90 Å². The van der Waals surface area contributed by atoms with Gasteiger partial charge in [-0.2, -0.15) is 0 Å². The Labute approximate surface area is 189 Å². The van der Waals surface area contributed by atoms with Crippen LogP contribution in [-0.4, -0.2) is 47.2 Å². The van der Waals surface area contributed by atoms with Gasteiger partial charge < -0.3 is 15.3 Å². The Bertz CT molecular complexity index is 1230. The van der Waals surface area contributed by atoms with E-state index in [9.17, 15) is 23.5 Å². The van der Waals surface area contributed by atoms with Crippen LogP contribution in [-0.2, 0) is 0 Å². The first-order valence-corrected chi connectivity index (χ1v) is 10.6. The molecule has 2 aliphatic rings. The lowest BCUT2D eigenvalue weighted by molar-refractivity contribution is -0.0244. The van der Waals surface area contributed by atoms with Gasteiger partial charge in [0.05, 0.1) is 24.3 Å². The number of amides is 3. The summed E-state index contributed by atoms with van der Waals surface area (Å²) in [5, 5.41) is 12.8. The fourth-order valence-corrected chi connectivity index (χ4v) is 4.89. The van der Waals surface area contributed by atoms with Gasteiger partial charge in [0.15, 0.2) is 0 Å². The Morgan fingerprint density at radius 2 is 1.76 bits per heavy atom. The highest BCUT2D eigenvalue weighted by Gasteiger charge is 2.55. The van der Waals surface area contributed by atoms with Crippen LogP contribution in [0.5, 0.6) is 0 Å². The first-order chi connectivity index (χ1) is 16.0. The first-order valence-electron chi connectivity index (χ1n) is 10.6. The van der Waals surface area contributed by atoms with Crippen LogP contribution in [0.25, 0.3) is 0 Å². The number of halogens is 2. The predicted molar refractivity (Wildman–Crippen MR) is 119 cm³/mol. The molecule has 0 saturated carbocycles. The highest BCUT2D eigenvalue weighted by molar-refractivity contribution is 6.03. The van der Waals surface area contributed by atoms with Gasteiger partial charge in [-0.25, -0.2) is 13.6 Å². The van der Waals surface area contributed by atoms with Crippen molar-refractivity contribution in [3.8, 4) is 0 Å². The van der Waals surface area contributed by atoms with Crippen molar-refractivity contribution in [2.24, 2.45) is 0 Å². The van der Waals surface area contributed by atoms with Crippen LogP contribution in [0.4, 0.5) is 25.0 Å². The molecule has 2 N–H and O–H groups in total. The molecule has 3 aromatic rings. The molecule has 0 bridgehead atoms. The van der Waals surface area contributed by atoms with Gasteiger partial charge in [-0.15, -0.1) is 0 Å². The van der Waals surface area contributed by atoms with Crippen LogP contribution in [0.2, 0.25) is 0 Å². The number of urea groups is 1. The van der Waals surface area contributed by atoms with Crippen molar-refractivity contribution in [2.45, 2.75) is 18.0 Å². The number of aliphatic hydroxyl groups excluding tert-OH is 1. The van der Waals surface area contributed by atoms with Crippen LogP contribution in [0.3, 0.4) is 0 Å². The highest BCUT2D eigenvalue weighted by atomic mass is 19.1. The second-order valence-corrected chi connectivity index (χ2v) is 8.15. The molecule has 33 heavy (non-hydrogen) atoms. The number of hydrogen-bond donors (Lipinski definition) is 2. The average Bonchev–Trinajstić information content (AvgIpc) is 2.79. The molecule has 2 heterocycles. The number of likely N-dealkylation sites (tertiary alicyclic amines) is 1. The largest absolute Gasteiger partial charge is 0.394 e. The number of carbonyl (C=O) groups is 2. The zero-order valence-electron chi connectivity index (χ0n) is 17.5. The standard InChI is InChI=1S/C25H21F2N3O3/c26-15-6-5-7-16(12-15)28-25(33)29-13-21-23(18-9-2-4-11-20(18)29)22(14-31)30(21)24(32)17-8-1-3-10-19(17)27/h1-12,21-23,31H,13-14H2,(H,28,33)/t21-,22-,23+/m1/s1. The Morgan fingerprint density at radius 1 is 1.00 bits per heavy atom. The SMILES string of the molecule is O=C(Nc1cccc(F)c1)N1C[C@@H]2[C@H](c3ccccc31)[C@@H](CO)N2C(=O)c1ccccc1F. The van der Waals surface area contributed by atoms with Crippen molar-refractivity contribution < 1.29 is 23.5 Å². The van der Waals surface area contributed by atoms with Gasteiger partial charge in [0.25, 0.3) is 5.91 Å². The monoisotopic (exact) mass is 449 g/mol. The van der Waals surface area contributed by atoms with E-state index < -0.39 is 35.7 Å². The number of para-hydroxylation sites is 1. The molecule has 168 valence electrons. The van der Waals surface area contributed by atoms with Gasteiger partial charge in [0.1, 0.15) is 11.6 Å². The minimum atomic E-state index is -0.639. The van der Waals surface area contributed by atoms with E-state index in [0.717, 1.165) is 5.56 Å². The number of aliphatic hydroxyl groups is 1. The van der Waals surface area contributed by atoms with E-state index in [-0.39, 0.29) is 24.6 Å². The van der Waals surface area contributed by atoms with Crippen LogP contribution in [0, 0.1) is 11.6 Å². The van der Waals surface area contributed by atoms with Crippen LogP contribution in [0.1, 0.15) is 21.8 Å². The number of rotatable bonds is 3. The molecule has 1 saturated heterocycles. The molecule has 5 rings (SSSR count). The molecule has 0 aliphatic carbocycles. The lowest BCUT2D eigenvalue weighted by Gasteiger charge is -2.58. The summed E-state index contributed by atoms with van der Waals surface area (Å²) in [6.07, 6.45) is 0. The number of benzene rings is 3. The molecule has 3 aromatic carbocycles. The van der Waals surface area contributed by atoms with E-state index >= 15 is 0 Å². The van der Waals surface area contributed by atoms with E-state index in [1.165, 1.54) is 46.2 Å². The van der Waals surface area contributed by atoms with Crippen molar-refractivity contribution in [1.29, 1.82) is 0 Å². The lowest BCUT2D eigenvalue weighted by atomic mass is 9.71. The van der Waals surface area contributed by atoms with Crippen molar-refractivity contribution in [3.63, 3.8) is 0 Å². The number of hydrogen-bond acceptors (Lipinski definition) is 3.